The Bertz CT molecular complexity index is 140. The van der Waals surface area contributed by atoms with Gasteiger partial charge in [0.2, 0.25) is 5.91 Å². The Hall–Kier alpha value is 0.200. The molecular weight excluding hydrogens is 265 g/mol. The normalized spacial score (nSPS) is 11.3. The maximum atomic E-state index is 11.2. The van der Waals surface area contributed by atoms with Crippen molar-refractivity contribution in [2.24, 2.45) is 5.41 Å². The lowest BCUT2D eigenvalue weighted by molar-refractivity contribution is -0.122. The minimum atomic E-state index is 0.106. The van der Waals surface area contributed by atoms with Gasteiger partial charge >= 0.3 is 0 Å². The van der Waals surface area contributed by atoms with Gasteiger partial charge in [-0.3, -0.25) is 4.79 Å². The molecule has 0 aromatic carbocycles. The molecule has 0 aromatic rings. The molecule has 0 saturated carbocycles. The molecule has 0 fully saturated rings. The molecule has 0 bridgehead atoms. The predicted molar refractivity (Wildman–Crippen MR) is 60.6 cm³/mol. The number of hydrogen-bond acceptors (Lipinski definition) is 1. The van der Waals surface area contributed by atoms with Crippen molar-refractivity contribution in [1.29, 1.82) is 0 Å². The Balaban J connectivity index is 3.47. The Kier molecular flexibility index (Phi) is 5.88. The topological polar surface area (TPSA) is 29.1 Å². The van der Waals surface area contributed by atoms with Gasteiger partial charge in [0.1, 0.15) is 0 Å². The highest BCUT2D eigenvalue weighted by Gasteiger charge is 2.14. The summed E-state index contributed by atoms with van der Waals surface area (Å²) in [5, 5.41) is 2.90. The molecule has 0 atom stereocenters. The Morgan fingerprint density at radius 1 is 1.42 bits per heavy atom. The van der Waals surface area contributed by atoms with E-state index < -0.39 is 0 Å². The predicted octanol–water partition coefficient (Wildman–Crippen LogP) is 2.36. The van der Waals surface area contributed by atoms with Gasteiger partial charge in [-0.2, -0.15) is 0 Å². The molecule has 0 aromatic heterocycles. The number of carbonyl (C=O) groups excluding carboxylic acids is 1. The zero-order valence-corrected chi connectivity index (χ0v) is 10.3. The molecule has 0 aliphatic rings. The van der Waals surface area contributed by atoms with Crippen LogP contribution in [0.2, 0.25) is 0 Å². The SMILES string of the molecule is CC(C)(C)CC(=O)NCCCI. The van der Waals surface area contributed by atoms with E-state index in [1.54, 1.807) is 0 Å². The quantitative estimate of drug-likeness (QED) is 0.479. The fraction of sp³-hybridized carbons (Fsp3) is 0.889. The van der Waals surface area contributed by atoms with Gasteiger partial charge in [-0.25, -0.2) is 0 Å². The van der Waals surface area contributed by atoms with Gasteiger partial charge in [-0.15, -0.1) is 0 Å². The second-order valence-electron chi connectivity index (χ2n) is 4.13. The number of halogens is 1. The van der Waals surface area contributed by atoms with Gasteiger partial charge in [-0.05, 0) is 11.8 Å². The lowest BCUT2D eigenvalue weighted by Crippen LogP contribution is -2.28. The van der Waals surface area contributed by atoms with Crippen LogP contribution in [0.15, 0.2) is 0 Å². The summed E-state index contributed by atoms with van der Waals surface area (Å²) in [5.74, 6) is 0.173. The van der Waals surface area contributed by atoms with Crippen LogP contribution in [0, 0.1) is 5.41 Å². The molecule has 2 nitrogen and oxygen atoms in total. The number of nitrogens with one attached hydrogen (secondary N) is 1. The van der Waals surface area contributed by atoms with E-state index in [4.69, 9.17) is 0 Å². The maximum Gasteiger partial charge on any atom is 0.220 e. The van der Waals surface area contributed by atoms with E-state index >= 15 is 0 Å². The molecule has 0 rings (SSSR count). The number of amides is 1. The van der Waals surface area contributed by atoms with Gasteiger partial charge in [0, 0.05) is 17.4 Å². The zero-order chi connectivity index (χ0) is 9.61. The van der Waals surface area contributed by atoms with Crippen molar-refractivity contribution in [3.05, 3.63) is 0 Å². The van der Waals surface area contributed by atoms with E-state index in [1.165, 1.54) is 0 Å². The minimum Gasteiger partial charge on any atom is -0.356 e. The van der Waals surface area contributed by atoms with Crippen molar-refractivity contribution in [3.8, 4) is 0 Å². The molecule has 12 heavy (non-hydrogen) atoms. The van der Waals surface area contributed by atoms with Crippen LogP contribution in [0.4, 0.5) is 0 Å². The van der Waals surface area contributed by atoms with E-state index in [1.807, 2.05) is 0 Å². The van der Waals surface area contributed by atoms with Crippen molar-refractivity contribution < 1.29 is 4.79 Å². The van der Waals surface area contributed by atoms with Crippen LogP contribution in [-0.4, -0.2) is 16.9 Å². The lowest BCUT2D eigenvalue weighted by Gasteiger charge is -2.16. The monoisotopic (exact) mass is 283 g/mol. The Labute approximate surface area is 88.6 Å². The van der Waals surface area contributed by atoms with Gasteiger partial charge in [0.15, 0.2) is 0 Å². The summed E-state index contributed by atoms with van der Waals surface area (Å²) < 4.78 is 1.10. The second-order valence-corrected chi connectivity index (χ2v) is 5.21. The average Bonchev–Trinajstić information content (AvgIpc) is 1.84. The smallest absolute Gasteiger partial charge is 0.220 e. The number of carbonyl (C=O) groups is 1. The summed E-state index contributed by atoms with van der Waals surface area (Å²) in [6, 6.07) is 0. The van der Waals surface area contributed by atoms with Gasteiger partial charge in [0.05, 0.1) is 0 Å². The summed E-state index contributed by atoms with van der Waals surface area (Å²) in [6.45, 7) is 7.04. The van der Waals surface area contributed by atoms with E-state index in [9.17, 15) is 4.79 Å². The third-order valence-electron chi connectivity index (χ3n) is 1.32. The third-order valence-corrected chi connectivity index (χ3v) is 2.09. The standard InChI is InChI=1S/C9H18INO/c1-9(2,3)7-8(12)11-6-4-5-10/h4-7H2,1-3H3,(H,11,12). The van der Waals surface area contributed by atoms with Crippen molar-refractivity contribution in [1.82, 2.24) is 5.32 Å². The molecule has 0 radical (unpaired) electrons. The Morgan fingerprint density at radius 3 is 2.42 bits per heavy atom. The first-order valence-electron chi connectivity index (χ1n) is 4.28. The molecule has 3 heteroatoms. The van der Waals surface area contributed by atoms with E-state index in [2.05, 4.69) is 48.7 Å². The molecule has 1 N–H and O–H groups in total. The van der Waals surface area contributed by atoms with Gasteiger partial charge < -0.3 is 5.32 Å². The first-order chi connectivity index (χ1) is 5.45. The molecule has 0 aliphatic carbocycles. The molecule has 1 amide bonds. The molecule has 0 unspecified atom stereocenters. The largest absolute Gasteiger partial charge is 0.356 e. The van der Waals surface area contributed by atoms with Crippen molar-refractivity contribution in [3.63, 3.8) is 0 Å². The maximum absolute atomic E-state index is 11.2. The van der Waals surface area contributed by atoms with Crippen molar-refractivity contribution in [2.45, 2.75) is 33.6 Å². The first-order valence-corrected chi connectivity index (χ1v) is 5.81. The van der Waals surface area contributed by atoms with Crippen LogP contribution in [0.3, 0.4) is 0 Å². The van der Waals surface area contributed by atoms with E-state index in [0.29, 0.717) is 6.42 Å². The molecule has 0 aliphatic heterocycles. The average molecular weight is 283 g/mol. The number of alkyl halides is 1. The van der Waals surface area contributed by atoms with Crippen LogP contribution in [0.5, 0.6) is 0 Å². The van der Waals surface area contributed by atoms with Crippen LogP contribution < -0.4 is 5.32 Å². The summed E-state index contributed by atoms with van der Waals surface area (Å²) in [5.41, 5.74) is 0.106. The minimum absolute atomic E-state index is 0.106. The fourth-order valence-corrected chi connectivity index (χ4v) is 1.22. The van der Waals surface area contributed by atoms with Crippen LogP contribution in [0.1, 0.15) is 33.6 Å². The highest BCUT2D eigenvalue weighted by Crippen LogP contribution is 2.17. The first kappa shape index (κ1) is 12.2. The molecular formula is C9H18INO. The van der Waals surface area contributed by atoms with E-state index in [0.717, 1.165) is 17.4 Å². The summed E-state index contributed by atoms with van der Waals surface area (Å²) >= 11 is 2.31. The van der Waals surface area contributed by atoms with Crippen molar-refractivity contribution in [2.75, 3.05) is 11.0 Å². The summed E-state index contributed by atoms with van der Waals surface area (Å²) in [4.78, 5) is 11.2. The van der Waals surface area contributed by atoms with Crippen LogP contribution in [-0.2, 0) is 4.79 Å². The molecule has 0 heterocycles. The second kappa shape index (κ2) is 5.78. The van der Waals surface area contributed by atoms with Crippen LogP contribution >= 0.6 is 22.6 Å². The summed E-state index contributed by atoms with van der Waals surface area (Å²) in [6.07, 6.45) is 1.69. The molecule has 0 spiro atoms. The van der Waals surface area contributed by atoms with E-state index in [-0.39, 0.29) is 11.3 Å². The highest BCUT2D eigenvalue weighted by molar-refractivity contribution is 14.1. The molecule has 0 saturated heterocycles. The number of hydrogen-bond donors (Lipinski definition) is 1. The fourth-order valence-electron chi connectivity index (χ4n) is 0.839. The highest BCUT2D eigenvalue weighted by atomic mass is 127. The third kappa shape index (κ3) is 8.30. The van der Waals surface area contributed by atoms with Crippen LogP contribution in [0.25, 0.3) is 0 Å². The van der Waals surface area contributed by atoms with Gasteiger partial charge in [-0.1, -0.05) is 43.4 Å². The Morgan fingerprint density at radius 2 is 2.00 bits per heavy atom. The molecule has 72 valence electrons. The lowest BCUT2D eigenvalue weighted by atomic mass is 9.92. The van der Waals surface area contributed by atoms with Crippen molar-refractivity contribution >= 4 is 28.5 Å². The summed E-state index contributed by atoms with van der Waals surface area (Å²) in [7, 11) is 0. The zero-order valence-electron chi connectivity index (χ0n) is 8.11. The number of rotatable bonds is 4. The van der Waals surface area contributed by atoms with Gasteiger partial charge in [0.25, 0.3) is 0 Å².